The summed E-state index contributed by atoms with van der Waals surface area (Å²) in [6.07, 6.45) is 12.2. The Morgan fingerprint density at radius 3 is 1.97 bits per heavy atom. The summed E-state index contributed by atoms with van der Waals surface area (Å²) in [6.45, 7) is 5.83. The van der Waals surface area contributed by atoms with Crippen molar-refractivity contribution in [3.05, 3.63) is 143 Å². The first-order chi connectivity index (χ1) is 17.7. The largest absolute Gasteiger partial charge is 0.205 e. The van der Waals surface area contributed by atoms with Crippen LogP contribution < -0.4 is 0 Å². The molecule has 0 atom stereocenters. The van der Waals surface area contributed by atoms with Crippen LogP contribution in [0.25, 0.3) is 10.8 Å². The molecule has 1 heteroatoms. The van der Waals surface area contributed by atoms with Crippen molar-refractivity contribution in [2.24, 2.45) is 0 Å². The second-order valence-electron chi connectivity index (χ2n) is 9.18. The molecule has 0 aliphatic rings. The first-order valence-corrected chi connectivity index (χ1v) is 12.8. The summed E-state index contributed by atoms with van der Waals surface area (Å²) < 4.78 is 15.1. The Morgan fingerprint density at radius 2 is 1.31 bits per heavy atom. The Hall–Kier alpha value is -3.89. The summed E-state index contributed by atoms with van der Waals surface area (Å²) >= 11 is 0. The maximum Gasteiger partial charge on any atom is 0.146 e. The Morgan fingerprint density at radius 1 is 0.694 bits per heavy atom. The lowest BCUT2D eigenvalue weighted by Gasteiger charge is -2.05. The van der Waals surface area contributed by atoms with Gasteiger partial charge in [0.25, 0.3) is 0 Å². The van der Waals surface area contributed by atoms with Crippen LogP contribution in [0.2, 0.25) is 0 Å². The molecule has 0 aromatic heterocycles. The highest BCUT2D eigenvalue weighted by atomic mass is 19.1. The fourth-order valence-corrected chi connectivity index (χ4v) is 4.33. The zero-order valence-electron chi connectivity index (χ0n) is 21.1. The van der Waals surface area contributed by atoms with Gasteiger partial charge in [0.15, 0.2) is 0 Å². The van der Waals surface area contributed by atoms with E-state index in [1.807, 2.05) is 36.4 Å². The predicted octanol–water partition coefficient (Wildman–Crippen LogP) is 8.79. The van der Waals surface area contributed by atoms with Gasteiger partial charge in [-0.2, -0.15) is 0 Å². The van der Waals surface area contributed by atoms with Crippen LogP contribution in [0.15, 0.2) is 104 Å². The van der Waals surface area contributed by atoms with Crippen LogP contribution in [-0.2, 0) is 25.7 Å². The normalized spacial score (nSPS) is 10.9. The molecule has 0 bridgehead atoms. The van der Waals surface area contributed by atoms with E-state index < -0.39 is 0 Å². The lowest BCUT2D eigenvalue weighted by atomic mass is 10.0. The fourth-order valence-electron chi connectivity index (χ4n) is 4.33. The van der Waals surface area contributed by atoms with Crippen molar-refractivity contribution in [1.82, 2.24) is 0 Å². The molecule has 0 aliphatic carbocycles. The molecule has 0 radical (unpaired) electrons. The molecule has 0 amide bonds. The molecule has 0 aliphatic heterocycles. The van der Waals surface area contributed by atoms with Gasteiger partial charge in [0.2, 0.25) is 0 Å². The molecule has 4 aromatic carbocycles. The Bertz CT molecular complexity index is 1390. The van der Waals surface area contributed by atoms with Crippen molar-refractivity contribution < 1.29 is 4.39 Å². The van der Waals surface area contributed by atoms with Crippen molar-refractivity contribution >= 4 is 10.8 Å². The molecule has 0 N–H and O–H groups in total. The number of hydrogen-bond donors (Lipinski definition) is 0. The van der Waals surface area contributed by atoms with Crippen LogP contribution in [-0.4, -0.2) is 0 Å². The lowest BCUT2D eigenvalue weighted by Crippen LogP contribution is -1.92. The standard InChI is InChI=1S/C35H33F/c1-3-5-7-9-27-10-12-28(13-11-27)14-15-29-16-18-30(19-17-29)20-22-32-23-24-33-26-31(8-6-4-2)21-25-34(33)35(32)36/h3-5,10-13,16-19,21,23-26H,2,6-9,14-15H2,1H3/b5-3+. The Balaban J connectivity index is 1.37. The van der Waals surface area contributed by atoms with E-state index in [-0.39, 0.29) is 5.82 Å². The van der Waals surface area contributed by atoms with E-state index in [1.165, 1.54) is 22.3 Å². The molecule has 0 heterocycles. The molecular weight excluding hydrogens is 439 g/mol. The van der Waals surface area contributed by atoms with Crippen molar-refractivity contribution in [2.75, 3.05) is 0 Å². The van der Waals surface area contributed by atoms with Crippen LogP contribution >= 0.6 is 0 Å². The van der Waals surface area contributed by atoms with E-state index in [9.17, 15) is 0 Å². The van der Waals surface area contributed by atoms with E-state index >= 15 is 4.39 Å². The van der Waals surface area contributed by atoms with Gasteiger partial charge >= 0.3 is 0 Å². The highest BCUT2D eigenvalue weighted by molar-refractivity contribution is 5.85. The third-order valence-electron chi connectivity index (χ3n) is 6.51. The number of hydrogen-bond acceptors (Lipinski definition) is 0. The number of allylic oxidation sites excluding steroid dienone is 3. The van der Waals surface area contributed by atoms with Crippen LogP contribution in [0.5, 0.6) is 0 Å². The quantitative estimate of drug-likeness (QED) is 0.169. The minimum absolute atomic E-state index is 0.250. The van der Waals surface area contributed by atoms with Crippen molar-refractivity contribution in [2.45, 2.75) is 45.4 Å². The molecule has 0 unspecified atom stereocenters. The zero-order valence-corrected chi connectivity index (χ0v) is 21.1. The number of halogens is 1. The van der Waals surface area contributed by atoms with Gasteiger partial charge in [-0.05, 0) is 91.3 Å². The van der Waals surface area contributed by atoms with Crippen molar-refractivity contribution in [3.63, 3.8) is 0 Å². The summed E-state index contributed by atoms with van der Waals surface area (Å²) in [5.74, 6) is 5.91. The molecule has 4 rings (SSSR count). The van der Waals surface area contributed by atoms with Gasteiger partial charge in [-0.3, -0.25) is 0 Å². The fraction of sp³-hybridized carbons (Fsp3) is 0.200. The minimum Gasteiger partial charge on any atom is -0.205 e. The number of fused-ring (bicyclic) bond motifs is 1. The first-order valence-electron chi connectivity index (χ1n) is 12.8. The van der Waals surface area contributed by atoms with Gasteiger partial charge in [0.1, 0.15) is 5.82 Å². The second-order valence-corrected chi connectivity index (χ2v) is 9.18. The van der Waals surface area contributed by atoms with Gasteiger partial charge in [-0.25, -0.2) is 4.39 Å². The summed E-state index contributed by atoms with van der Waals surface area (Å²) in [4.78, 5) is 0. The molecule has 0 saturated carbocycles. The third-order valence-corrected chi connectivity index (χ3v) is 6.51. The van der Waals surface area contributed by atoms with Gasteiger partial charge < -0.3 is 0 Å². The van der Waals surface area contributed by atoms with Gasteiger partial charge in [-0.1, -0.05) is 90.7 Å². The number of aryl methyl sites for hydroxylation is 4. The van der Waals surface area contributed by atoms with Crippen LogP contribution in [0, 0.1) is 17.7 Å². The average Bonchev–Trinajstić information content (AvgIpc) is 2.92. The smallest absolute Gasteiger partial charge is 0.146 e. The van der Waals surface area contributed by atoms with Crippen LogP contribution in [0.3, 0.4) is 0 Å². The van der Waals surface area contributed by atoms with Gasteiger partial charge in [0.05, 0.1) is 5.56 Å². The summed E-state index contributed by atoms with van der Waals surface area (Å²) in [5.41, 5.74) is 6.53. The third kappa shape index (κ3) is 6.83. The zero-order chi connectivity index (χ0) is 25.2. The molecule has 36 heavy (non-hydrogen) atoms. The molecule has 0 fully saturated rings. The molecule has 0 spiro atoms. The molecule has 180 valence electrons. The maximum atomic E-state index is 15.1. The van der Waals surface area contributed by atoms with Crippen LogP contribution in [0.4, 0.5) is 4.39 Å². The lowest BCUT2D eigenvalue weighted by molar-refractivity contribution is 0.636. The first kappa shape index (κ1) is 25.2. The topological polar surface area (TPSA) is 0 Å². The van der Waals surface area contributed by atoms with E-state index in [0.717, 1.165) is 49.5 Å². The van der Waals surface area contributed by atoms with Crippen LogP contribution in [0.1, 0.15) is 53.1 Å². The van der Waals surface area contributed by atoms with E-state index in [0.29, 0.717) is 10.9 Å². The molecule has 0 saturated heterocycles. The predicted molar refractivity (Wildman–Crippen MR) is 152 cm³/mol. The highest BCUT2D eigenvalue weighted by Crippen LogP contribution is 2.23. The molecular formula is C35H33F. The second kappa shape index (κ2) is 12.7. The molecule has 4 aromatic rings. The Labute approximate surface area is 215 Å². The highest BCUT2D eigenvalue weighted by Gasteiger charge is 2.06. The Kier molecular flexibility index (Phi) is 8.90. The average molecular weight is 473 g/mol. The van der Waals surface area contributed by atoms with Gasteiger partial charge in [0, 0.05) is 10.9 Å². The maximum absolute atomic E-state index is 15.1. The van der Waals surface area contributed by atoms with E-state index in [4.69, 9.17) is 0 Å². The van der Waals surface area contributed by atoms with Crippen molar-refractivity contribution in [1.29, 1.82) is 0 Å². The summed E-state index contributed by atoms with van der Waals surface area (Å²) in [5, 5.41) is 1.53. The van der Waals surface area contributed by atoms with E-state index in [1.54, 1.807) is 6.07 Å². The monoisotopic (exact) mass is 472 g/mol. The summed E-state index contributed by atoms with van der Waals surface area (Å²) in [6, 6.07) is 26.9. The number of rotatable bonds is 9. The van der Waals surface area contributed by atoms with E-state index in [2.05, 4.69) is 80.0 Å². The number of benzene rings is 4. The van der Waals surface area contributed by atoms with Gasteiger partial charge in [-0.15, -0.1) is 6.58 Å². The van der Waals surface area contributed by atoms with Crippen molar-refractivity contribution in [3.8, 4) is 11.8 Å². The minimum atomic E-state index is -0.250. The SMILES string of the molecule is C=CCCc1ccc2c(F)c(C#Cc3ccc(CCc4ccc(CC/C=C/C)cc4)cc3)ccc2c1. The molecule has 0 nitrogen and oxygen atoms in total. The summed E-state index contributed by atoms with van der Waals surface area (Å²) in [7, 11) is 0.